The van der Waals surface area contributed by atoms with Crippen LogP contribution in [0.1, 0.15) is 41.0 Å². The highest BCUT2D eigenvalue weighted by atomic mass is 16.5. The molecule has 0 radical (unpaired) electrons. The van der Waals surface area contributed by atoms with Crippen LogP contribution < -0.4 is 9.47 Å². The van der Waals surface area contributed by atoms with E-state index in [0.717, 1.165) is 11.1 Å². The van der Waals surface area contributed by atoms with Gasteiger partial charge in [-0.25, -0.2) is 0 Å². The van der Waals surface area contributed by atoms with Crippen LogP contribution in [-0.4, -0.2) is 28.3 Å². The molecule has 7 heteroatoms. The van der Waals surface area contributed by atoms with E-state index < -0.39 is 17.7 Å². The third kappa shape index (κ3) is 5.43. The highest BCUT2D eigenvalue weighted by molar-refractivity contribution is 6.46. The number of ether oxygens (including phenoxy) is 2. The Morgan fingerprint density at radius 1 is 0.897 bits per heavy atom. The van der Waals surface area contributed by atoms with Gasteiger partial charge in [0.2, 0.25) is 0 Å². The molecule has 4 aromatic rings. The van der Waals surface area contributed by atoms with E-state index in [0.29, 0.717) is 41.6 Å². The minimum Gasteiger partial charge on any atom is -0.507 e. The van der Waals surface area contributed by atoms with Crippen LogP contribution in [0.4, 0.5) is 0 Å². The average Bonchev–Trinajstić information content (AvgIpc) is 3.56. The van der Waals surface area contributed by atoms with Crippen molar-refractivity contribution >= 4 is 17.4 Å². The summed E-state index contributed by atoms with van der Waals surface area (Å²) in [5.41, 5.74) is 3.32. The van der Waals surface area contributed by atoms with Crippen LogP contribution in [0.15, 0.2) is 101 Å². The second-order valence-corrected chi connectivity index (χ2v) is 9.25. The van der Waals surface area contributed by atoms with Gasteiger partial charge >= 0.3 is 0 Å². The number of carbonyl (C=O) groups excluding carboxylic acids is 2. The molecule has 1 saturated heterocycles. The highest BCUT2D eigenvalue weighted by Crippen LogP contribution is 2.41. The van der Waals surface area contributed by atoms with E-state index in [4.69, 9.17) is 13.9 Å². The molecule has 39 heavy (non-hydrogen) atoms. The number of furan rings is 1. The van der Waals surface area contributed by atoms with Gasteiger partial charge in [-0.05, 0) is 79.1 Å². The van der Waals surface area contributed by atoms with Gasteiger partial charge in [0, 0.05) is 5.56 Å². The number of hydrogen-bond donors (Lipinski definition) is 1. The number of likely N-dealkylation sites (tertiary alicyclic amines) is 1. The topological polar surface area (TPSA) is 89.2 Å². The fraction of sp³-hybridized carbons (Fsp3) is 0.188. The van der Waals surface area contributed by atoms with Crippen molar-refractivity contribution in [2.45, 2.75) is 33.0 Å². The molecule has 1 fully saturated rings. The van der Waals surface area contributed by atoms with Crippen molar-refractivity contribution in [3.05, 3.63) is 125 Å². The number of Topliss-reactive ketones (excluding diaryl/α,β-unsaturated/α-hetero) is 1. The van der Waals surface area contributed by atoms with Crippen LogP contribution in [0.3, 0.4) is 0 Å². The summed E-state index contributed by atoms with van der Waals surface area (Å²) in [4.78, 5) is 27.9. The summed E-state index contributed by atoms with van der Waals surface area (Å²) in [6.45, 7) is 4.93. The van der Waals surface area contributed by atoms with Crippen molar-refractivity contribution in [1.82, 2.24) is 4.90 Å². The van der Waals surface area contributed by atoms with Gasteiger partial charge in [-0.2, -0.15) is 0 Å². The standard InChI is InChI=1S/C32H29NO6/c1-3-37-25-14-10-22(11-15-25)29-28(31(35)32(36)33(29)19-27-9-6-18-38-27)30(34)23-12-16-26(17-13-23)39-20-24-8-5-4-7-21(24)2/h4-18,29,34H,3,19-20H2,1-2H3/b30-28+. The Labute approximate surface area is 226 Å². The van der Waals surface area contributed by atoms with E-state index in [1.54, 1.807) is 60.7 Å². The monoisotopic (exact) mass is 523 g/mol. The summed E-state index contributed by atoms with van der Waals surface area (Å²) in [5, 5.41) is 11.3. The molecular weight excluding hydrogens is 494 g/mol. The summed E-state index contributed by atoms with van der Waals surface area (Å²) in [6.07, 6.45) is 1.51. The van der Waals surface area contributed by atoms with Crippen molar-refractivity contribution in [2.75, 3.05) is 6.61 Å². The number of hydrogen-bond acceptors (Lipinski definition) is 6. The van der Waals surface area contributed by atoms with Crippen LogP contribution in [-0.2, 0) is 22.7 Å². The quantitative estimate of drug-likeness (QED) is 0.160. The molecule has 5 rings (SSSR count). The molecule has 0 spiro atoms. The Balaban J connectivity index is 1.47. The molecule has 1 aromatic heterocycles. The van der Waals surface area contributed by atoms with Gasteiger partial charge in [-0.3, -0.25) is 9.59 Å². The lowest BCUT2D eigenvalue weighted by molar-refractivity contribution is -0.140. The predicted octanol–water partition coefficient (Wildman–Crippen LogP) is 6.19. The molecule has 3 aromatic carbocycles. The van der Waals surface area contributed by atoms with Crippen LogP contribution in [0.2, 0.25) is 0 Å². The Morgan fingerprint density at radius 3 is 2.26 bits per heavy atom. The lowest BCUT2D eigenvalue weighted by Gasteiger charge is -2.24. The summed E-state index contributed by atoms with van der Waals surface area (Å²) >= 11 is 0. The number of nitrogens with zero attached hydrogens (tertiary/aromatic N) is 1. The zero-order valence-corrected chi connectivity index (χ0v) is 21.8. The lowest BCUT2D eigenvalue weighted by Crippen LogP contribution is -2.29. The first-order valence-corrected chi connectivity index (χ1v) is 12.8. The molecule has 0 bridgehead atoms. The molecule has 0 saturated carbocycles. The number of aliphatic hydroxyl groups is 1. The van der Waals surface area contributed by atoms with Gasteiger partial charge in [-0.1, -0.05) is 36.4 Å². The number of amides is 1. The van der Waals surface area contributed by atoms with E-state index in [9.17, 15) is 14.7 Å². The third-order valence-electron chi connectivity index (χ3n) is 6.74. The van der Waals surface area contributed by atoms with Gasteiger partial charge in [-0.15, -0.1) is 0 Å². The fourth-order valence-electron chi connectivity index (χ4n) is 4.67. The first kappa shape index (κ1) is 25.9. The third-order valence-corrected chi connectivity index (χ3v) is 6.74. The maximum Gasteiger partial charge on any atom is 0.296 e. The SMILES string of the molecule is CCOc1ccc(C2/C(=C(\O)c3ccc(OCc4ccccc4C)cc3)C(=O)C(=O)N2Cc2ccco2)cc1. The lowest BCUT2D eigenvalue weighted by atomic mass is 9.95. The molecule has 1 aliphatic heterocycles. The average molecular weight is 524 g/mol. The predicted molar refractivity (Wildman–Crippen MR) is 146 cm³/mol. The fourth-order valence-corrected chi connectivity index (χ4v) is 4.67. The second-order valence-electron chi connectivity index (χ2n) is 9.25. The number of benzene rings is 3. The van der Waals surface area contributed by atoms with E-state index in [-0.39, 0.29) is 17.9 Å². The number of aryl methyl sites for hydroxylation is 1. The van der Waals surface area contributed by atoms with E-state index in [1.807, 2.05) is 38.1 Å². The van der Waals surface area contributed by atoms with E-state index in [1.165, 1.54) is 11.2 Å². The minimum atomic E-state index is -0.803. The molecule has 0 aliphatic carbocycles. The minimum absolute atomic E-state index is 0.0179. The first-order valence-electron chi connectivity index (χ1n) is 12.8. The highest BCUT2D eigenvalue weighted by Gasteiger charge is 2.46. The molecule has 1 amide bonds. The Morgan fingerprint density at radius 2 is 1.59 bits per heavy atom. The van der Waals surface area contributed by atoms with Crippen LogP contribution in [0.5, 0.6) is 11.5 Å². The van der Waals surface area contributed by atoms with Gasteiger partial charge in [0.05, 0.1) is 31.0 Å². The van der Waals surface area contributed by atoms with Gasteiger partial charge in [0.25, 0.3) is 11.7 Å². The normalized spacial score (nSPS) is 16.5. The van der Waals surface area contributed by atoms with Crippen LogP contribution >= 0.6 is 0 Å². The van der Waals surface area contributed by atoms with Gasteiger partial charge in [0.15, 0.2) is 0 Å². The summed E-state index contributed by atoms with van der Waals surface area (Å²) in [5.74, 6) is 0.118. The van der Waals surface area contributed by atoms with E-state index >= 15 is 0 Å². The van der Waals surface area contributed by atoms with Crippen molar-refractivity contribution in [1.29, 1.82) is 0 Å². The number of ketones is 1. The maximum atomic E-state index is 13.3. The number of rotatable bonds is 9. The number of aliphatic hydroxyl groups excluding tert-OH is 1. The van der Waals surface area contributed by atoms with E-state index in [2.05, 4.69) is 0 Å². The maximum absolute atomic E-state index is 13.3. The molecule has 1 atom stereocenters. The molecule has 1 N–H and O–H groups in total. The molecule has 2 heterocycles. The Kier molecular flexibility index (Phi) is 7.50. The largest absolute Gasteiger partial charge is 0.507 e. The zero-order valence-electron chi connectivity index (χ0n) is 21.8. The Hall–Kier alpha value is -4.78. The molecule has 1 aliphatic rings. The van der Waals surface area contributed by atoms with Gasteiger partial charge in [0.1, 0.15) is 29.6 Å². The Bertz CT molecular complexity index is 1490. The van der Waals surface area contributed by atoms with Crippen molar-refractivity contribution in [2.24, 2.45) is 0 Å². The number of carbonyl (C=O) groups is 2. The smallest absolute Gasteiger partial charge is 0.296 e. The second kappa shape index (κ2) is 11.3. The summed E-state index contributed by atoms with van der Waals surface area (Å²) in [6, 6.07) is 24.6. The summed E-state index contributed by atoms with van der Waals surface area (Å²) in [7, 11) is 0. The van der Waals surface area contributed by atoms with Crippen LogP contribution in [0.25, 0.3) is 5.76 Å². The van der Waals surface area contributed by atoms with Gasteiger partial charge < -0.3 is 23.9 Å². The molecule has 198 valence electrons. The first-order chi connectivity index (χ1) is 19.0. The zero-order chi connectivity index (χ0) is 27.4. The molecule has 7 nitrogen and oxygen atoms in total. The van der Waals surface area contributed by atoms with Crippen LogP contribution in [0, 0.1) is 6.92 Å². The van der Waals surface area contributed by atoms with Crippen molar-refractivity contribution < 1.29 is 28.6 Å². The van der Waals surface area contributed by atoms with Crippen molar-refractivity contribution in [3.63, 3.8) is 0 Å². The molecular formula is C32H29NO6. The summed E-state index contributed by atoms with van der Waals surface area (Å²) < 4.78 is 16.9. The molecule has 1 unspecified atom stereocenters. The van der Waals surface area contributed by atoms with Crippen molar-refractivity contribution in [3.8, 4) is 11.5 Å².